The summed E-state index contributed by atoms with van der Waals surface area (Å²) in [6, 6.07) is 4.77. The average molecular weight is 264 g/mol. The number of anilines is 2. The van der Waals surface area contributed by atoms with Gasteiger partial charge in [0.05, 0.1) is 23.0 Å². The van der Waals surface area contributed by atoms with Crippen LogP contribution >= 0.6 is 0 Å². The zero-order chi connectivity index (χ0) is 13.8. The fraction of sp³-hybridized carbons (Fsp3) is 0.500. The SMILES string of the molecule is CN(CC1CCCCO1)c1cc(C(=O)O)ccc1N. The second kappa shape index (κ2) is 5.93. The highest BCUT2D eigenvalue weighted by molar-refractivity contribution is 5.90. The summed E-state index contributed by atoms with van der Waals surface area (Å²) in [5, 5.41) is 9.02. The number of carboxylic acid groups (broad SMARTS) is 1. The number of aromatic carboxylic acids is 1. The molecule has 3 N–H and O–H groups in total. The van der Waals surface area contributed by atoms with Crippen molar-refractivity contribution in [1.29, 1.82) is 0 Å². The van der Waals surface area contributed by atoms with Crippen LogP contribution in [-0.4, -0.2) is 37.4 Å². The van der Waals surface area contributed by atoms with Crippen molar-refractivity contribution in [3.05, 3.63) is 23.8 Å². The first-order chi connectivity index (χ1) is 9.08. The number of likely N-dealkylation sites (N-methyl/N-ethyl adjacent to an activating group) is 1. The van der Waals surface area contributed by atoms with Gasteiger partial charge in [0.2, 0.25) is 0 Å². The van der Waals surface area contributed by atoms with E-state index in [2.05, 4.69) is 0 Å². The van der Waals surface area contributed by atoms with Crippen LogP contribution in [0, 0.1) is 0 Å². The summed E-state index contributed by atoms with van der Waals surface area (Å²) in [6.07, 6.45) is 3.55. The summed E-state index contributed by atoms with van der Waals surface area (Å²) in [5.74, 6) is -0.941. The molecule has 5 nitrogen and oxygen atoms in total. The molecule has 0 aliphatic carbocycles. The molecule has 1 saturated heterocycles. The highest BCUT2D eigenvalue weighted by atomic mass is 16.5. The van der Waals surface area contributed by atoms with Gasteiger partial charge in [0, 0.05) is 20.2 Å². The third-order valence-corrected chi connectivity index (χ3v) is 3.44. The Morgan fingerprint density at radius 2 is 2.32 bits per heavy atom. The number of carboxylic acids is 1. The molecule has 0 bridgehead atoms. The van der Waals surface area contributed by atoms with Gasteiger partial charge in [0.1, 0.15) is 0 Å². The molecule has 1 aliphatic rings. The summed E-state index contributed by atoms with van der Waals surface area (Å²) >= 11 is 0. The van der Waals surface area contributed by atoms with Crippen molar-refractivity contribution < 1.29 is 14.6 Å². The lowest BCUT2D eigenvalue weighted by molar-refractivity contribution is 0.0216. The number of ether oxygens (including phenoxy) is 1. The Hall–Kier alpha value is -1.75. The fourth-order valence-corrected chi connectivity index (χ4v) is 2.36. The van der Waals surface area contributed by atoms with Crippen molar-refractivity contribution in [3.8, 4) is 0 Å². The molecule has 1 aromatic rings. The number of nitrogens with two attached hydrogens (primary N) is 1. The lowest BCUT2D eigenvalue weighted by Gasteiger charge is -2.29. The molecule has 1 aliphatic heterocycles. The van der Waals surface area contributed by atoms with Crippen LogP contribution in [0.4, 0.5) is 11.4 Å². The number of rotatable bonds is 4. The van der Waals surface area contributed by atoms with Crippen LogP contribution in [0.3, 0.4) is 0 Å². The number of hydrogen-bond donors (Lipinski definition) is 2. The minimum absolute atomic E-state index is 0.201. The maximum atomic E-state index is 11.0. The van der Waals surface area contributed by atoms with Crippen LogP contribution in [0.15, 0.2) is 18.2 Å². The standard InChI is InChI=1S/C14H20N2O3/c1-16(9-11-4-2-3-7-19-11)13-8-10(14(17)18)5-6-12(13)15/h5-6,8,11H,2-4,7,9,15H2,1H3,(H,17,18). The Morgan fingerprint density at radius 1 is 1.53 bits per heavy atom. The highest BCUT2D eigenvalue weighted by Gasteiger charge is 2.18. The Morgan fingerprint density at radius 3 is 2.95 bits per heavy atom. The quantitative estimate of drug-likeness (QED) is 0.813. The normalized spacial score (nSPS) is 19.1. The van der Waals surface area contributed by atoms with E-state index in [-0.39, 0.29) is 11.7 Å². The van der Waals surface area contributed by atoms with Crippen LogP contribution in [-0.2, 0) is 4.74 Å². The average Bonchev–Trinajstić information content (AvgIpc) is 2.40. The van der Waals surface area contributed by atoms with Crippen molar-refractivity contribution in [2.45, 2.75) is 25.4 Å². The van der Waals surface area contributed by atoms with Gasteiger partial charge in [-0.15, -0.1) is 0 Å². The molecule has 0 amide bonds. The topological polar surface area (TPSA) is 75.8 Å². The van der Waals surface area contributed by atoms with Crippen LogP contribution in [0.5, 0.6) is 0 Å². The number of nitrogens with zero attached hydrogens (tertiary/aromatic N) is 1. The first kappa shape index (κ1) is 13.7. The largest absolute Gasteiger partial charge is 0.478 e. The Bertz CT molecular complexity index is 456. The van der Waals surface area contributed by atoms with Crippen LogP contribution in [0.1, 0.15) is 29.6 Å². The molecule has 1 heterocycles. The van der Waals surface area contributed by atoms with Crippen molar-refractivity contribution in [2.24, 2.45) is 0 Å². The first-order valence-corrected chi connectivity index (χ1v) is 6.53. The van der Waals surface area contributed by atoms with Gasteiger partial charge in [-0.3, -0.25) is 0 Å². The molecule has 1 aromatic carbocycles. The summed E-state index contributed by atoms with van der Waals surface area (Å²) < 4.78 is 5.69. The third kappa shape index (κ3) is 3.38. The Kier molecular flexibility index (Phi) is 4.27. The minimum atomic E-state index is -0.941. The molecule has 1 atom stereocenters. The molecule has 5 heteroatoms. The molecular weight excluding hydrogens is 244 g/mol. The second-order valence-corrected chi connectivity index (χ2v) is 4.95. The summed E-state index contributed by atoms with van der Waals surface area (Å²) in [6.45, 7) is 1.54. The number of hydrogen-bond acceptors (Lipinski definition) is 4. The van der Waals surface area contributed by atoms with E-state index in [0.717, 1.165) is 31.7 Å². The predicted molar refractivity (Wildman–Crippen MR) is 74.7 cm³/mol. The van der Waals surface area contributed by atoms with E-state index in [4.69, 9.17) is 15.6 Å². The number of nitrogen functional groups attached to an aromatic ring is 1. The van der Waals surface area contributed by atoms with E-state index in [1.165, 1.54) is 12.5 Å². The molecule has 0 aromatic heterocycles. The zero-order valence-electron chi connectivity index (χ0n) is 11.1. The van der Waals surface area contributed by atoms with Crippen LogP contribution < -0.4 is 10.6 Å². The van der Waals surface area contributed by atoms with Gasteiger partial charge < -0.3 is 20.5 Å². The van der Waals surface area contributed by atoms with Gasteiger partial charge in [0.15, 0.2) is 0 Å². The van der Waals surface area contributed by atoms with Gasteiger partial charge in [-0.05, 0) is 37.5 Å². The maximum absolute atomic E-state index is 11.0. The molecule has 1 fully saturated rings. The zero-order valence-corrected chi connectivity index (χ0v) is 11.1. The summed E-state index contributed by atoms with van der Waals surface area (Å²) in [5.41, 5.74) is 7.50. The van der Waals surface area contributed by atoms with Gasteiger partial charge >= 0.3 is 5.97 Å². The molecule has 104 valence electrons. The van der Waals surface area contributed by atoms with E-state index >= 15 is 0 Å². The van der Waals surface area contributed by atoms with Crippen LogP contribution in [0.2, 0.25) is 0 Å². The molecule has 0 radical (unpaired) electrons. The maximum Gasteiger partial charge on any atom is 0.335 e. The second-order valence-electron chi connectivity index (χ2n) is 4.95. The fourth-order valence-electron chi connectivity index (χ4n) is 2.36. The molecule has 1 unspecified atom stereocenters. The van der Waals surface area contributed by atoms with Gasteiger partial charge in [-0.2, -0.15) is 0 Å². The smallest absolute Gasteiger partial charge is 0.335 e. The minimum Gasteiger partial charge on any atom is -0.478 e. The first-order valence-electron chi connectivity index (χ1n) is 6.53. The number of benzene rings is 1. The molecule has 2 rings (SSSR count). The highest BCUT2D eigenvalue weighted by Crippen LogP contribution is 2.25. The Labute approximate surface area is 113 Å². The van der Waals surface area contributed by atoms with Crippen molar-refractivity contribution >= 4 is 17.3 Å². The van der Waals surface area contributed by atoms with E-state index in [1.807, 2.05) is 11.9 Å². The third-order valence-electron chi connectivity index (χ3n) is 3.44. The van der Waals surface area contributed by atoms with Gasteiger partial charge in [0.25, 0.3) is 0 Å². The van der Waals surface area contributed by atoms with E-state index in [1.54, 1.807) is 12.1 Å². The van der Waals surface area contributed by atoms with Gasteiger partial charge in [-0.25, -0.2) is 4.79 Å². The van der Waals surface area contributed by atoms with Crippen LogP contribution in [0.25, 0.3) is 0 Å². The van der Waals surface area contributed by atoms with Crippen molar-refractivity contribution in [3.63, 3.8) is 0 Å². The number of carbonyl (C=O) groups is 1. The lowest BCUT2D eigenvalue weighted by atomic mass is 10.1. The molecule has 19 heavy (non-hydrogen) atoms. The predicted octanol–water partition coefficient (Wildman–Crippen LogP) is 1.97. The molecule has 0 spiro atoms. The Balaban J connectivity index is 2.10. The van der Waals surface area contributed by atoms with E-state index in [9.17, 15) is 4.79 Å². The summed E-state index contributed by atoms with van der Waals surface area (Å²) in [4.78, 5) is 13.0. The van der Waals surface area contributed by atoms with Crippen molar-refractivity contribution in [1.82, 2.24) is 0 Å². The summed E-state index contributed by atoms with van der Waals surface area (Å²) in [7, 11) is 1.91. The lowest BCUT2D eigenvalue weighted by Crippen LogP contribution is -2.33. The monoisotopic (exact) mass is 264 g/mol. The molecular formula is C14H20N2O3. The van der Waals surface area contributed by atoms with E-state index < -0.39 is 5.97 Å². The van der Waals surface area contributed by atoms with Gasteiger partial charge in [-0.1, -0.05) is 0 Å². The van der Waals surface area contributed by atoms with Crippen molar-refractivity contribution in [2.75, 3.05) is 30.8 Å². The molecule has 0 saturated carbocycles. The van der Waals surface area contributed by atoms with E-state index in [0.29, 0.717) is 5.69 Å².